The lowest BCUT2D eigenvalue weighted by Crippen LogP contribution is -1.93. The number of hydrogen-bond acceptors (Lipinski definition) is 3. The van der Waals surface area contributed by atoms with Gasteiger partial charge >= 0.3 is 0 Å². The number of halogens is 2. The molecule has 17 heavy (non-hydrogen) atoms. The van der Waals surface area contributed by atoms with Gasteiger partial charge in [-0.05, 0) is 17.5 Å². The van der Waals surface area contributed by atoms with Crippen LogP contribution in [0.3, 0.4) is 0 Å². The molecule has 0 unspecified atom stereocenters. The second-order valence-corrected chi connectivity index (χ2v) is 5.50. The van der Waals surface area contributed by atoms with Gasteiger partial charge in [0.15, 0.2) is 0 Å². The summed E-state index contributed by atoms with van der Waals surface area (Å²) in [5.41, 5.74) is 6.94. The standard InChI is InChI=1S/C12H10ClFN2S/c1-5(2)6-3-8(14)10(13)11-9(6)7(4-15)12(16)17-11/h3,5H,16H2,1-2H3. The highest BCUT2D eigenvalue weighted by molar-refractivity contribution is 7.23. The molecule has 0 radical (unpaired) electrons. The molecule has 0 amide bonds. The van der Waals surface area contributed by atoms with Gasteiger partial charge in [0.05, 0.1) is 15.3 Å². The van der Waals surface area contributed by atoms with E-state index in [2.05, 4.69) is 6.07 Å². The van der Waals surface area contributed by atoms with Crippen LogP contribution in [0.15, 0.2) is 6.07 Å². The number of nitrogens with zero attached hydrogens (tertiary/aromatic N) is 1. The molecule has 1 aromatic carbocycles. The molecular weight excluding hydrogens is 259 g/mol. The Labute approximate surface area is 107 Å². The van der Waals surface area contributed by atoms with Gasteiger partial charge in [0.25, 0.3) is 0 Å². The fourth-order valence-electron chi connectivity index (χ4n) is 1.83. The van der Waals surface area contributed by atoms with Crippen LogP contribution in [0.5, 0.6) is 0 Å². The summed E-state index contributed by atoms with van der Waals surface area (Å²) in [5, 5.41) is 10.2. The van der Waals surface area contributed by atoms with Crippen molar-refractivity contribution in [2.75, 3.05) is 5.73 Å². The first-order valence-corrected chi connectivity index (χ1v) is 6.26. The van der Waals surface area contributed by atoms with Crippen molar-refractivity contribution in [1.82, 2.24) is 0 Å². The Kier molecular flexibility index (Phi) is 2.98. The van der Waals surface area contributed by atoms with Crippen LogP contribution in [0.2, 0.25) is 5.02 Å². The van der Waals surface area contributed by atoms with Crippen LogP contribution < -0.4 is 5.73 Å². The summed E-state index contributed by atoms with van der Waals surface area (Å²) >= 11 is 7.07. The molecule has 0 saturated carbocycles. The Morgan fingerprint density at radius 3 is 2.71 bits per heavy atom. The van der Waals surface area contributed by atoms with Gasteiger partial charge in [-0.25, -0.2) is 4.39 Å². The largest absolute Gasteiger partial charge is 0.389 e. The summed E-state index contributed by atoms with van der Waals surface area (Å²) in [5.74, 6) is -0.362. The Balaban J connectivity index is 3.01. The second-order valence-electron chi connectivity index (χ2n) is 4.07. The molecule has 2 aromatic rings. The maximum atomic E-state index is 13.7. The fourth-order valence-corrected chi connectivity index (χ4v) is 3.07. The molecule has 1 aromatic heterocycles. The third kappa shape index (κ3) is 1.76. The average Bonchev–Trinajstić information content (AvgIpc) is 2.60. The first-order chi connectivity index (χ1) is 7.97. The third-order valence-corrected chi connectivity index (χ3v) is 4.17. The molecule has 0 atom stereocenters. The van der Waals surface area contributed by atoms with E-state index in [1.165, 1.54) is 6.07 Å². The number of rotatable bonds is 1. The molecular formula is C12H10ClFN2S. The van der Waals surface area contributed by atoms with Gasteiger partial charge in [-0.15, -0.1) is 11.3 Å². The highest BCUT2D eigenvalue weighted by Crippen LogP contribution is 2.42. The van der Waals surface area contributed by atoms with E-state index in [1.807, 2.05) is 13.8 Å². The van der Waals surface area contributed by atoms with Crippen LogP contribution >= 0.6 is 22.9 Å². The SMILES string of the molecule is CC(C)c1cc(F)c(Cl)c2sc(N)c(C#N)c12. The van der Waals surface area contributed by atoms with Crippen LogP contribution in [0, 0.1) is 17.1 Å². The molecule has 5 heteroatoms. The lowest BCUT2D eigenvalue weighted by Gasteiger charge is -2.09. The van der Waals surface area contributed by atoms with Crippen LogP contribution in [-0.2, 0) is 0 Å². The summed E-state index contributed by atoms with van der Waals surface area (Å²) in [6, 6.07) is 3.46. The second kappa shape index (κ2) is 4.17. The van der Waals surface area contributed by atoms with E-state index in [0.717, 1.165) is 16.9 Å². The monoisotopic (exact) mass is 268 g/mol. The number of benzene rings is 1. The van der Waals surface area contributed by atoms with Gasteiger partial charge in [0, 0.05) is 5.39 Å². The molecule has 0 spiro atoms. The minimum Gasteiger partial charge on any atom is -0.389 e. The molecule has 0 aliphatic heterocycles. The van der Waals surface area contributed by atoms with Gasteiger partial charge in [-0.3, -0.25) is 0 Å². The van der Waals surface area contributed by atoms with E-state index in [4.69, 9.17) is 22.6 Å². The number of nitriles is 1. The Morgan fingerprint density at radius 2 is 2.18 bits per heavy atom. The molecule has 0 saturated heterocycles. The van der Waals surface area contributed by atoms with E-state index in [0.29, 0.717) is 20.7 Å². The van der Waals surface area contributed by atoms with E-state index >= 15 is 0 Å². The highest BCUT2D eigenvalue weighted by Gasteiger charge is 2.20. The van der Waals surface area contributed by atoms with E-state index in [9.17, 15) is 4.39 Å². The van der Waals surface area contributed by atoms with Crippen molar-refractivity contribution in [2.45, 2.75) is 19.8 Å². The molecule has 2 N–H and O–H groups in total. The minimum atomic E-state index is -0.464. The van der Waals surface area contributed by atoms with Crippen LogP contribution in [0.4, 0.5) is 9.39 Å². The number of nitrogen functional groups attached to an aromatic ring is 1. The van der Waals surface area contributed by atoms with Crippen molar-refractivity contribution < 1.29 is 4.39 Å². The maximum absolute atomic E-state index is 13.7. The molecule has 0 aliphatic carbocycles. The van der Waals surface area contributed by atoms with Crippen LogP contribution in [0.1, 0.15) is 30.9 Å². The predicted octanol–water partition coefficient (Wildman–Crippen LogP) is 4.27. The van der Waals surface area contributed by atoms with E-state index in [-0.39, 0.29) is 10.9 Å². The van der Waals surface area contributed by atoms with Gasteiger partial charge in [0.1, 0.15) is 16.9 Å². The van der Waals surface area contributed by atoms with Gasteiger partial charge in [-0.2, -0.15) is 5.26 Å². The molecule has 88 valence electrons. The summed E-state index contributed by atoms with van der Waals surface area (Å²) in [6.45, 7) is 3.88. The molecule has 0 fully saturated rings. The number of fused-ring (bicyclic) bond motifs is 1. The van der Waals surface area contributed by atoms with Gasteiger partial charge in [-0.1, -0.05) is 25.4 Å². The molecule has 0 aliphatic rings. The average molecular weight is 269 g/mol. The van der Waals surface area contributed by atoms with Crippen molar-refractivity contribution in [1.29, 1.82) is 5.26 Å². The maximum Gasteiger partial charge on any atom is 0.143 e. The van der Waals surface area contributed by atoms with Crippen molar-refractivity contribution in [2.24, 2.45) is 0 Å². The summed E-state index contributed by atoms with van der Waals surface area (Å²) in [6.07, 6.45) is 0. The Bertz CT molecular complexity index is 640. The van der Waals surface area contributed by atoms with Gasteiger partial charge in [0.2, 0.25) is 0 Å². The molecule has 0 bridgehead atoms. The lowest BCUT2D eigenvalue weighted by atomic mass is 9.97. The van der Waals surface area contributed by atoms with Crippen molar-refractivity contribution in [3.8, 4) is 6.07 Å². The Morgan fingerprint density at radius 1 is 1.53 bits per heavy atom. The van der Waals surface area contributed by atoms with Crippen LogP contribution in [-0.4, -0.2) is 0 Å². The number of nitrogens with two attached hydrogens (primary N) is 1. The highest BCUT2D eigenvalue weighted by atomic mass is 35.5. The quantitative estimate of drug-likeness (QED) is 0.840. The summed E-state index contributed by atoms with van der Waals surface area (Å²) in [7, 11) is 0. The molecule has 2 nitrogen and oxygen atoms in total. The van der Waals surface area contributed by atoms with Crippen molar-refractivity contribution in [3.05, 3.63) is 28.0 Å². The zero-order chi connectivity index (χ0) is 12.7. The normalized spacial score (nSPS) is 11.1. The smallest absolute Gasteiger partial charge is 0.143 e. The van der Waals surface area contributed by atoms with Crippen molar-refractivity contribution in [3.63, 3.8) is 0 Å². The fraction of sp³-hybridized carbons (Fsp3) is 0.250. The molecule has 1 heterocycles. The first-order valence-electron chi connectivity index (χ1n) is 5.07. The topological polar surface area (TPSA) is 49.8 Å². The van der Waals surface area contributed by atoms with E-state index in [1.54, 1.807) is 0 Å². The predicted molar refractivity (Wildman–Crippen MR) is 70.0 cm³/mol. The van der Waals surface area contributed by atoms with E-state index < -0.39 is 5.82 Å². The number of anilines is 1. The first kappa shape index (κ1) is 12.2. The lowest BCUT2D eigenvalue weighted by molar-refractivity contribution is 0.626. The summed E-state index contributed by atoms with van der Waals surface area (Å²) < 4.78 is 14.2. The zero-order valence-corrected chi connectivity index (χ0v) is 10.9. The van der Waals surface area contributed by atoms with Crippen molar-refractivity contribution >= 4 is 38.0 Å². The summed E-state index contributed by atoms with van der Waals surface area (Å²) in [4.78, 5) is 0. The zero-order valence-electron chi connectivity index (χ0n) is 9.34. The minimum absolute atomic E-state index is 0.0441. The van der Waals surface area contributed by atoms with Crippen LogP contribution in [0.25, 0.3) is 10.1 Å². The number of hydrogen-bond donors (Lipinski definition) is 1. The Hall–Kier alpha value is -1.31. The van der Waals surface area contributed by atoms with Gasteiger partial charge < -0.3 is 5.73 Å². The number of thiophene rings is 1. The molecule has 2 rings (SSSR count). The third-order valence-electron chi connectivity index (χ3n) is 2.65.